The first-order chi connectivity index (χ1) is 15.7. The van der Waals surface area contributed by atoms with Crippen LogP contribution in [0.15, 0.2) is 115 Å². The number of aliphatic carboxylic acids is 1. The maximum atomic E-state index is 11.9. The lowest BCUT2D eigenvalue weighted by Gasteiger charge is -2.39. The SMILES string of the molecule is C=CC[C@H]1CC(C(=O)O)=C[C@H]2[C@@H]1N2C(c1ccccc1)(c1ccccc1)c1ccccc1. The number of nitrogens with zero attached hydrogens (tertiary/aromatic N) is 1. The summed E-state index contributed by atoms with van der Waals surface area (Å²) in [6, 6.07) is 32.1. The van der Waals surface area contributed by atoms with Crippen molar-refractivity contribution in [2.45, 2.75) is 30.5 Å². The van der Waals surface area contributed by atoms with Crippen LogP contribution in [0, 0.1) is 5.92 Å². The van der Waals surface area contributed by atoms with Gasteiger partial charge in [0.05, 0.1) is 5.54 Å². The third-order valence-electron chi connectivity index (χ3n) is 6.95. The second-order valence-electron chi connectivity index (χ2n) is 8.68. The van der Waals surface area contributed by atoms with E-state index < -0.39 is 11.5 Å². The van der Waals surface area contributed by atoms with Crippen LogP contribution in [0.4, 0.5) is 0 Å². The van der Waals surface area contributed by atoms with Crippen LogP contribution in [0.3, 0.4) is 0 Å². The van der Waals surface area contributed by atoms with Gasteiger partial charge in [0.1, 0.15) is 0 Å². The fourth-order valence-electron chi connectivity index (χ4n) is 5.66. The van der Waals surface area contributed by atoms with Gasteiger partial charge in [-0.1, -0.05) is 103 Å². The lowest BCUT2D eigenvalue weighted by molar-refractivity contribution is -0.133. The summed E-state index contributed by atoms with van der Waals surface area (Å²) >= 11 is 0. The van der Waals surface area contributed by atoms with Crippen LogP contribution in [0.1, 0.15) is 29.5 Å². The standard InChI is InChI=1S/C29H27NO2/c1-2-12-21-19-22(28(31)32)20-26-27(21)30(26)29(23-13-6-3-7-14-23,24-15-8-4-9-16-24)25-17-10-5-11-18-25/h2-11,13-18,20-21,26-27H,1,12,19H2,(H,31,32)/t21-,26-,27+,30?/m0/s1. The molecule has 160 valence electrons. The van der Waals surface area contributed by atoms with Gasteiger partial charge in [-0.05, 0) is 35.4 Å². The molecule has 3 aromatic rings. The summed E-state index contributed by atoms with van der Waals surface area (Å²) in [7, 11) is 0. The normalized spacial score (nSPS) is 24.2. The van der Waals surface area contributed by atoms with Gasteiger partial charge in [0.2, 0.25) is 0 Å². The molecule has 1 fully saturated rings. The summed E-state index contributed by atoms with van der Waals surface area (Å²) < 4.78 is 0. The molecule has 1 heterocycles. The number of carbonyl (C=O) groups is 1. The predicted molar refractivity (Wildman–Crippen MR) is 127 cm³/mol. The zero-order valence-corrected chi connectivity index (χ0v) is 18.0. The molecular weight excluding hydrogens is 394 g/mol. The zero-order chi connectivity index (χ0) is 22.1. The summed E-state index contributed by atoms with van der Waals surface area (Å²) in [5.74, 6) is -0.585. The summed E-state index contributed by atoms with van der Waals surface area (Å²) in [5, 5.41) is 9.79. The van der Waals surface area contributed by atoms with Crippen LogP contribution >= 0.6 is 0 Å². The Bertz CT molecular complexity index is 1040. The maximum Gasteiger partial charge on any atom is 0.331 e. The molecule has 3 heteroatoms. The van der Waals surface area contributed by atoms with E-state index in [2.05, 4.69) is 84.3 Å². The minimum atomic E-state index is -0.811. The number of rotatable bonds is 7. The molecule has 1 unspecified atom stereocenters. The van der Waals surface area contributed by atoms with Crippen molar-refractivity contribution in [3.8, 4) is 0 Å². The molecule has 0 bridgehead atoms. The van der Waals surface area contributed by atoms with Crippen molar-refractivity contribution in [1.29, 1.82) is 0 Å². The minimum Gasteiger partial charge on any atom is -0.478 e. The Morgan fingerprint density at radius 3 is 1.78 bits per heavy atom. The van der Waals surface area contributed by atoms with Gasteiger partial charge in [0.15, 0.2) is 0 Å². The van der Waals surface area contributed by atoms with Crippen molar-refractivity contribution in [3.63, 3.8) is 0 Å². The van der Waals surface area contributed by atoms with Crippen molar-refractivity contribution >= 4 is 5.97 Å². The lowest BCUT2D eigenvalue weighted by Crippen LogP contribution is -2.40. The molecule has 4 atom stereocenters. The van der Waals surface area contributed by atoms with Crippen LogP contribution in [0.5, 0.6) is 0 Å². The molecule has 0 radical (unpaired) electrons. The second kappa shape index (κ2) is 8.25. The molecule has 1 N–H and O–H groups in total. The quantitative estimate of drug-likeness (QED) is 0.305. The monoisotopic (exact) mass is 421 g/mol. The first kappa shape index (κ1) is 20.5. The Morgan fingerprint density at radius 2 is 1.38 bits per heavy atom. The lowest BCUT2D eigenvalue weighted by atomic mass is 9.76. The average Bonchev–Trinajstić information content (AvgIpc) is 3.57. The van der Waals surface area contributed by atoms with E-state index in [1.165, 1.54) is 16.7 Å². The molecule has 5 rings (SSSR count). The Balaban J connectivity index is 1.76. The summed E-state index contributed by atoms with van der Waals surface area (Å²) in [6.07, 6.45) is 5.29. The molecule has 2 aliphatic rings. The molecular formula is C29H27NO2. The van der Waals surface area contributed by atoms with Crippen molar-refractivity contribution in [3.05, 3.63) is 132 Å². The Labute approximate surface area is 189 Å². The number of benzene rings is 3. The molecule has 0 saturated carbocycles. The molecule has 3 nitrogen and oxygen atoms in total. The third-order valence-corrected chi connectivity index (χ3v) is 6.95. The van der Waals surface area contributed by atoms with Crippen molar-refractivity contribution in [1.82, 2.24) is 4.90 Å². The van der Waals surface area contributed by atoms with E-state index in [1.807, 2.05) is 30.4 Å². The third kappa shape index (κ3) is 3.21. The highest BCUT2D eigenvalue weighted by Crippen LogP contribution is 2.56. The van der Waals surface area contributed by atoms with E-state index in [9.17, 15) is 9.90 Å². The highest BCUT2D eigenvalue weighted by Gasteiger charge is 2.63. The van der Waals surface area contributed by atoms with E-state index in [0.29, 0.717) is 12.0 Å². The van der Waals surface area contributed by atoms with Crippen molar-refractivity contribution in [2.24, 2.45) is 5.92 Å². The highest BCUT2D eigenvalue weighted by atomic mass is 16.4. The summed E-state index contributed by atoms with van der Waals surface area (Å²) in [5.41, 5.74) is 3.57. The van der Waals surface area contributed by atoms with Gasteiger partial charge >= 0.3 is 5.97 Å². The van der Waals surface area contributed by atoms with Crippen LogP contribution in [-0.2, 0) is 10.3 Å². The number of fused-ring (bicyclic) bond motifs is 1. The van der Waals surface area contributed by atoms with Crippen molar-refractivity contribution < 1.29 is 9.90 Å². The van der Waals surface area contributed by atoms with E-state index in [-0.39, 0.29) is 18.0 Å². The fourth-order valence-corrected chi connectivity index (χ4v) is 5.66. The smallest absolute Gasteiger partial charge is 0.331 e. The van der Waals surface area contributed by atoms with Crippen molar-refractivity contribution in [2.75, 3.05) is 0 Å². The van der Waals surface area contributed by atoms with Crippen LogP contribution in [-0.4, -0.2) is 28.1 Å². The van der Waals surface area contributed by atoms with Crippen LogP contribution in [0.2, 0.25) is 0 Å². The largest absolute Gasteiger partial charge is 0.478 e. The predicted octanol–water partition coefficient (Wildman–Crippen LogP) is 5.64. The van der Waals surface area contributed by atoms with E-state index in [0.717, 1.165) is 6.42 Å². The van der Waals surface area contributed by atoms with Gasteiger partial charge in [-0.2, -0.15) is 0 Å². The number of hydrogen-bond donors (Lipinski definition) is 1. The minimum absolute atomic E-state index is 0.0698. The van der Waals surface area contributed by atoms with Gasteiger partial charge in [0, 0.05) is 17.7 Å². The summed E-state index contributed by atoms with van der Waals surface area (Å²) in [4.78, 5) is 14.4. The van der Waals surface area contributed by atoms with E-state index in [4.69, 9.17) is 0 Å². The molecule has 32 heavy (non-hydrogen) atoms. The van der Waals surface area contributed by atoms with E-state index in [1.54, 1.807) is 0 Å². The summed E-state index contributed by atoms with van der Waals surface area (Å²) in [6.45, 7) is 3.95. The van der Waals surface area contributed by atoms with Gasteiger partial charge in [-0.3, -0.25) is 4.90 Å². The molecule has 0 amide bonds. The van der Waals surface area contributed by atoms with E-state index >= 15 is 0 Å². The molecule has 1 saturated heterocycles. The zero-order valence-electron chi connectivity index (χ0n) is 18.0. The van der Waals surface area contributed by atoms with Gasteiger partial charge < -0.3 is 5.11 Å². The molecule has 0 aromatic heterocycles. The molecule has 1 aliphatic carbocycles. The Kier molecular flexibility index (Phi) is 5.28. The van der Waals surface area contributed by atoms with Gasteiger partial charge in [0.25, 0.3) is 0 Å². The Hall–Kier alpha value is -3.43. The maximum absolute atomic E-state index is 11.9. The number of carboxylic acids is 1. The number of hydrogen-bond acceptors (Lipinski definition) is 2. The number of allylic oxidation sites excluding steroid dienone is 1. The first-order valence-corrected chi connectivity index (χ1v) is 11.2. The number of carboxylic acid groups (broad SMARTS) is 1. The van der Waals surface area contributed by atoms with Gasteiger partial charge in [-0.25, -0.2) is 4.79 Å². The highest BCUT2D eigenvalue weighted by molar-refractivity contribution is 5.87. The topological polar surface area (TPSA) is 40.3 Å². The Morgan fingerprint density at radius 1 is 0.906 bits per heavy atom. The second-order valence-corrected chi connectivity index (χ2v) is 8.68. The fraction of sp³-hybridized carbons (Fsp3) is 0.207. The van der Waals surface area contributed by atoms with Crippen LogP contribution in [0.25, 0.3) is 0 Å². The van der Waals surface area contributed by atoms with Crippen LogP contribution < -0.4 is 0 Å². The molecule has 1 aliphatic heterocycles. The van der Waals surface area contributed by atoms with Gasteiger partial charge in [-0.15, -0.1) is 6.58 Å². The average molecular weight is 422 g/mol. The molecule has 3 aromatic carbocycles. The first-order valence-electron chi connectivity index (χ1n) is 11.2. The molecule has 0 spiro atoms.